The Hall–Kier alpha value is -0.610. The summed E-state index contributed by atoms with van der Waals surface area (Å²) in [4.78, 5) is 17.5. The Morgan fingerprint density at radius 3 is 2.29 bits per heavy atom. The molecule has 0 radical (unpaired) electrons. The predicted octanol–water partition coefficient (Wildman–Crippen LogP) is 2.30. The van der Waals surface area contributed by atoms with Gasteiger partial charge in [-0.15, -0.1) is 0 Å². The van der Waals surface area contributed by atoms with Gasteiger partial charge in [0.2, 0.25) is 5.91 Å². The summed E-state index contributed by atoms with van der Waals surface area (Å²) in [6, 6.07) is 0.311. The van der Waals surface area contributed by atoms with Gasteiger partial charge in [0.15, 0.2) is 0 Å². The van der Waals surface area contributed by atoms with E-state index in [1.54, 1.807) is 0 Å². The molecule has 0 aromatic rings. The van der Waals surface area contributed by atoms with Gasteiger partial charge in [-0.3, -0.25) is 10.1 Å². The van der Waals surface area contributed by atoms with E-state index in [1.165, 1.54) is 25.9 Å². The van der Waals surface area contributed by atoms with Crippen molar-refractivity contribution in [3.8, 4) is 0 Å². The molecule has 0 spiro atoms. The van der Waals surface area contributed by atoms with Gasteiger partial charge in [0.05, 0.1) is 12.2 Å². The quantitative estimate of drug-likeness (QED) is 0.817. The van der Waals surface area contributed by atoms with Crippen LogP contribution in [-0.4, -0.2) is 53.6 Å². The summed E-state index contributed by atoms with van der Waals surface area (Å²) in [5, 5.41) is 3.59. The molecule has 21 heavy (non-hydrogen) atoms. The average molecular weight is 295 g/mol. The number of hydrogen-bond donors (Lipinski definition) is 1. The summed E-state index contributed by atoms with van der Waals surface area (Å²) >= 11 is 0. The fourth-order valence-electron chi connectivity index (χ4n) is 3.75. The van der Waals surface area contributed by atoms with Crippen molar-refractivity contribution in [3.05, 3.63) is 0 Å². The largest absolute Gasteiger partial charge is 0.322 e. The van der Waals surface area contributed by atoms with Crippen LogP contribution in [0.4, 0.5) is 0 Å². The highest BCUT2D eigenvalue weighted by molar-refractivity contribution is 5.84. The maximum absolute atomic E-state index is 12.8. The van der Waals surface area contributed by atoms with E-state index in [4.69, 9.17) is 0 Å². The summed E-state index contributed by atoms with van der Waals surface area (Å²) in [6.07, 6.45) is 3.75. The lowest BCUT2D eigenvalue weighted by molar-refractivity contribution is -0.133. The second-order valence-corrected chi connectivity index (χ2v) is 7.64. The number of amides is 1. The first kappa shape index (κ1) is 16.8. The number of carbonyl (C=O) groups excluding carboxylic acids is 1. The molecule has 3 unspecified atom stereocenters. The van der Waals surface area contributed by atoms with E-state index in [0.29, 0.717) is 23.8 Å². The van der Waals surface area contributed by atoms with Crippen LogP contribution in [0.25, 0.3) is 0 Å². The molecule has 2 aliphatic heterocycles. The van der Waals surface area contributed by atoms with Crippen LogP contribution < -0.4 is 5.32 Å². The second-order valence-electron chi connectivity index (χ2n) is 7.64. The zero-order valence-corrected chi connectivity index (χ0v) is 14.4. The first-order valence-corrected chi connectivity index (χ1v) is 8.70. The van der Waals surface area contributed by atoms with E-state index in [0.717, 1.165) is 13.0 Å². The highest BCUT2D eigenvalue weighted by Gasteiger charge is 2.42. The van der Waals surface area contributed by atoms with Gasteiger partial charge < -0.3 is 9.80 Å². The lowest BCUT2D eigenvalue weighted by Crippen LogP contribution is -2.50. The zero-order chi connectivity index (χ0) is 15.6. The normalized spacial score (nSPS) is 29.1. The summed E-state index contributed by atoms with van der Waals surface area (Å²) in [7, 11) is 0. The summed E-state index contributed by atoms with van der Waals surface area (Å²) in [6.45, 7) is 14.4. The lowest BCUT2D eigenvalue weighted by atomic mass is 10.0. The SMILES string of the molecule is CC(C)CC1NC(C(C)C)N(C(C)CN2CCCC2)C1=O. The van der Waals surface area contributed by atoms with Gasteiger partial charge in [0.1, 0.15) is 0 Å². The summed E-state index contributed by atoms with van der Waals surface area (Å²) in [5.74, 6) is 1.31. The fourth-order valence-corrected chi connectivity index (χ4v) is 3.75. The monoisotopic (exact) mass is 295 g/mol. The minimum absolute atomic E-state index is 0.0124. The first-order valence-electron chi connectivity index (χ1n) is 8.70. The Balaban J connectivity index is 2.04. The molecule has 122 valence electrons. The highest BCUT2D eigenvalue weighted by Crippen LogP contribution is 2.24. The molecule has 0 aromatic heterocycles. The van der Waals surface area contributed by atoms with Crippen LogP contribution in [0.1, 0.15) is 53.9 Å². The van der Waals surface area contributed by atoms with E-state index < -0.39 is 0 Å². The van der Waals surface area contributed by atoms with Crippen molar-refractivity contribution in [2.75, 3.05) is 19.6 Å². The Morgan fingerprint density at radius 1 is 1.14 bits per heavy atom. The molecule has 0 bridgehead atoms. The van der Waals surface area contributed by atoms with Crippen LogP contribution in [-0.2, 0) is 4.79 Å². The summed E-state index contributed by atoms with van der Waals surface area (Å²) in [5.41, 5.74) is 0. The van der Waals surface area contributed by atoms with Gasteiger partial charge in [-0.05, 0) is 51.1 Å². The molecule has 1 amide bonds. The zero-order valence-electron chi connectivity index (χ0n) is 14.4. The van der Waals surface area contributed by atoms with Crippen molar-refractivity contribution in [1.29, 1.82) is 0 Å². The third-order valence-electron chi connectivity index (χ3n) is 4.76. The minimum Gasteiger partial charge on any atom is -0.322 e. The van der Waals surface area contributed by atoms with Crippen molar-refractivity contribution < 1.29 is 4.79 Å². The molecule has 4 nitrogen and oxygen atoms in total. The van der Waals surface area contributed by atoms with Crippen LogP contribution >= 0.6 is 0 Å². The Morgan fingerprint density at radius 2 is 1.76 bits per heavy atom. The molecule has 2 saturated heterocycles. The third kappa shape index (κ3) is 3.98. The molecule has 1 N–H and O–H groups in total. The first-order chi connectivity index (χ1) is 9.90. The van der Waals surface area contributed by atoms with Gasteiger partial charge in [-0.2, -0.15) is 0 Å². The highest BCUT2D eigenvalue weighted by atomic mass is 16.2. The van der Waals surface area contributed by atoms with E-state index >= 15 is 0 Å². The predicted molar refractivity (Wildman–Crippen MR) is 87.0 cm³/mol. The van der Waals surface area contributed by atoms with Gasteiger partial charge in [0, 0.05) is 12.6 Å². The number of hydrogen-bond acceptors (Lipinski definition) is 3. The smallest absolute Gasteiger partial charge is 0.241 e. The molecular formula is C17H33N3O. The Bertz CT molecular complexity index is 350. The Kier molecular flexibility index (Phi) is 5.67. The molecule has 0 saturated carbocycles. The second kappa shape index (κ2) is 7.10. The van der Waals surface area contributed by atoms with Crippen molar-refractivity contribution in [2.24, 2.45) is 11.8 Å². The standard InChI is InChI=1S/C17H33N3O/c1-12(2)10-15-17(21)20(16(18-15)13(3)4)14(5)11-19-8-6-7-9-19/h12-16,18H,6-11H2,1-5H3. The molecular weight excluding hydrogens is 262 g/mol. The van der Waals surface area contributed by atoms with Crippen molar-refractivity contribution in [1.82, 2.24) is 15.1 Å². The summed E-state index contributed by atoms with van der Waals surface area (Å²) < 4.78 is 0. The molecule has 2 rings (SSSR count). The van der Waals surface area contributed by atoms with E-state index in [1.807, 2.05) is 0 Å². The molecule has 0 aliphatic carbocycles. The van der Waals surface area contributed by atoms with Crippen LogP contribution in [0.5, 0.6) is 0 Å². The van der Waals surface area contributed by atoms with Crippen LogP contribution in [0.2, 0.25) is 0 Å². The van der Waals surface area contributed by atoms with Crippen molar-refractivity contribution in [3.63, 3.8) is 0 Å². The molecule has 3 atom stereocenters. The van der Waals surface area contributed by atoms with Crippen LogP contribution in [0, 0.1) is 11.8 Å². The third-order valence-corrected chi connectivity index (χ3v) is 4.76. The van der Waals surface area contributed by atoms with Crippen molar-refractivity contribution >= 4 is 5.91 Å². The van der Waals surface area contributed by atoms with Gasteiger partial charge in [-0.25, -0.2) is 0 Å². The van der Waals surface area contributed by atoms with E-state index in [2.05, 4.69) is 49.7 Å². The average Bonchev–Trinajstić information content (AvgIpc) is 2.98. The molecule has 2 fully saturated rings. The van der Waals surface area contributed by atoms with E-state index in [9.17, 15) is 4.79 Å². The lowest BCUT2D eigenvalue weighted by Gasteiger charge is -2.34. The minimum atomic E-state index is 0.0124. The number of nitrogens with one attached hydrogen (secondary N) is 1. The Labute approximate surface area is 130 Å². The molecule has 4 heteroatoms. The van der Waals surface area contributed by atoms with Gasteiger partial charge in [0.25, 0.3) is 0 Å². The fraction of sp³-hybridized carbons (Fsp3) is 0.941. The number of rotatable bonds is 6. The van der Waals surface area contributed by atoms with Gasteiger partial charge in [-0.1, -0.05) is 27.7 Å². The number of likely N-dealkylation sites (tertiary alicyclic amines) is 1. The van der Waals surface area contributed by atoms with E-state index in [-0.39, 0.29) is 12.2 Å². The molecule has 2 heterocycles. The topological polar surface area (TPSA) is 35.6 Å². The van der Waals surface area contributed by atoms with Gasteiger partial charge >= 0.3 is 0 Å². The molecule has 2 aliphatic rings. The number of nitrogens with zero attached hydrogens (tertiary/aromatic N) is 2. The maximum atomic E-state index is 12.8. The molecule has 0 aromatic carbocycles. The maximum Gasteiger partial charge on any atom is 0.241 e. The van der Waals surface area contributed by atoms with Crippen LogP contribution in [0.3, 0.4) is 0 Å². The number of carbonyl (C=O) groups is 1. The van der Waals surface area contributed by atoms with Crippen LogP contribution in [0.15, 0.2) is 0 Å². The van der Waals surface area contributed by atoms with Crippen molar-refractivity contribution in [2.45, 2.75) is 72.1 Å².